The Hall–Kier alpha value is -3.54. The Kier molecular flexibility index (Phi) is 5.26. The first-order valence-corrected chi connectivity index (χ1v) is 8.54. The summed E-state index contributed by atoms with van der Waals surface area (Å²) in [5.41, 5.74) is 13.5. The minimum absolute atomic E-state index is 0.163. The second kappa shape index (κ2) is 7.78. The molecule has 1 aliphatic heterocycles. The monoisotopic (exact) mass is 367 g/mol. The topological polar surface area (TPSA) is 143 Å². The van der Waals surface area contributed by atoms with Crippen LogP contribution in [0.2, 0.25) is 0 Å². The molecule has 0 saturated carbocycles. The normalized spacial score (nSPS) is 16.3. The summed E-state index contributed by atoms with van der Waals surface area (Å²) in [7, 11) is 0. The molecular weight excluding hydrogens is 346 g/mol. The number of aromatic nitrogens is 3. The van der Waals surface area contributed by atoms with Gasteiger partial charge in [-0.3, -0.25) is 0 Å². The third-order valence-corrected chi connectivity index (χ3v) is 4.25. The van der Waals surface area contributed by atoms with E-state index in [-0.39, 0.29) is 12.0 Å². The van der Waals surface area contributed by atoms with Crippen LogP contribution in [0.3, 0.4) is 0 Å². The molecule has 1 amide bonds. The number of nitrogens with one attached hydrogen (secondary N) is 1. The number of anilines is 3. The van der Waals surface area contributed by atoms with Gasteiger partial charge in [-0.15, -0.1) is 0 Å². The van der Waals surface area contributed by atoms with E-state index >= 15 is 0 Å². The zero-order valence-corrected chi connectivity index (χ0v) is 14.9. The van der Waals surface area contributed by atoms with Crippen molar-refractivity contribution in [2.45, 2.75) is 25.8 Å². The number of rotatable bonds is 2. The van der Waals surface area contributed by atoms with E-state index in [1.807, 2.05) is 11.8 Å². The van der Waals surface area contributed by atoms with Crippen molar-refractivity contribution < 1.29 is 9.90 Å². The Balaban J connectivity index is 1.93. The summed E-state index contributed by atoms with van der Waals surface area (Å²) in [6.07, 6.45) is 2.18. The molecule has 0 spiro atoms. The van der Waals surface area contributed by atoms with Crippen LogP contribution in [0.4, 0.5) is 22.4 Å². The molecular formula is C18H21N7O2. The lowest BCUT2D eigenvalue weighted by atomic mass is 10.0. The highest BCUT2D eigenvalue weighted by atomic mass is 16.4. The molecule has 1 saturated heterocycles. The number of piperidine rings is 1. The Morgan fingerprint density at radius 3 is 2.85 bits per heavy atom. The molecule has 3 rings (SSSR count). The van der Waals surface area contributed by atoms with Gasteiger partial charge in [-0.2, -0.15) is 4.98 Å². The first kappa shape index (κ1) is 18.3. The van der Waals surface area contributed by atoms with Gasteiger partial charge in [0.25, 0.3) is 0 Å². The van der Waals surface area contributed by atoms with E-state index in [1.165, 1.54) is 0 Å². The molecule has 0 aromatic carbocycles. The van der Waals surface area contributed by atoms with Crippen molar-refractivity contribution >= 4 is 23.7 Å². The quantitative estimate of drug-likeness (QED) is 0.575. The number of pyridine rings is 1. The molecule has 6 N–H and O–H groups in total. The summed E-state index contributed by atoms with van der Waals surface area (Å²) >= 11 is 0. The van der Waals surface area contributed by atoms with Crippen LogP contribution in [0.5, 0.6) is 0 Å². The fraction of sp³-hybridized carbons (Fsp3) is 0.333. The van der Waals surface area contributed by atoms with Crippen LogP contribution >= 0.6 is 0 Å². The minimum Gasteiger partial charge on any atom is -0.465 e. The number of nitrogens with zero attached hydrogens (tertiary/aromatic N) is 4. The highest BCUT2D eigenvalue weighted by Gasteiger charge is 2.25. The number of aryl methyl sites for hydroxylation is 1. The fourth-order valence-corrected chi connectivity index (χ4v) is 3.03. The molecule has 9 heteroatoms. The van der Waals surface area contributed by atoms with Crippen molar-refractivity contribution in [2.75, 3.05) is 29.5 Å². The van der Waals surface area contributed by atoms with Crippen LogP contribution in [0.25, 0.3) is 0 Å². The summed E-state index contributed by atoms with van der Waals surface area (Å²) in [4.78, 5) is 25.6. The van der Waals surface area contributed by atoms with Crippen molar-refractivity contribution in [3.63, 3.8) is 0 Å². The lowest BCUT2D eigenvalue weighted by Gasteiger charge is -2.34. The summed E-state index contributed by atoms with van der Waals surface area (Å²) in [6.45, 7) is 3.07. The van der Waals surface area contributed by atoms with E-state index in [9.17, 15) is 4.79 Å². The molecule has 0 bridgehead atoms. The number of carbonyl (C=O) groups is 1. The molecule has 1 atom stereocenters. The van der Waals surface area contributed by atoms with Gasteiger partial charge in [-0.25, -0.2) is 14.8 Å². The Morgan fingerprint density at radius 1 is 1.33 bits per heavy atom. The maximum Gasteiger partial charge on any atom is 0.404 e. The SMILES string of the molecule is Cc1nc(N)nc(N2CCCC(NC(=O)O)C2)c1C#Cc1ccc(N)nc1. The zero-order chi connectivity index (χ0) is 19.4. The number of carboxylic acid groups (broad SMARTS) is 1. The van der Waals surface area contributed by atoms with Crippen LogP contribution in [0, 0.1) is 18.8 Å². The van der Waals surface area contributed by atoms with Gasteiger partial charge < -0.3 is 26.8 Å². The van der Waals surface area contributed by atoms with Crippen LogP contribution in [0.1, 0.15) is 29.7 Å². The molecule has 9 nitrogen and oxygen atoms in total. The van der Waals surface area contributed by atoms with Crippen LogP contribution in [0.15, 0.2) is 18.3 Å². The maximum atomic E-state index is 11.0. The van der Waals surface area contributed by atoms with Gasteiger partial charge in [0.05, 0.1) is 11.3 Å². The first-order valence-electron chi connectivity index (χ1n) is 8.54. The van der Waals surface area contributed by atoms with Gasteiger partial charge in [0.2, 0.25) is 5.95 Å². The van der Waals surface area contributed by atoms with Crippen molar-refractivity contribution in [3.8, 4) is 11.8 Å². The number of nitrogen functional groups attached to an aromatic ring is 2. The van der Waals surface area contributed by atoms with E-state index in [2.05, 4.69) is 32.1 Å². The lowest BCUT2D eigenvalue weighted by molar-refractivity contribution is 0.188. The van der Waals surface area contributed by atoms with Crippen LogP contribution in [-0.4, -0.2) is 45.3 Å². The Bertz CT molecular complexity index is 902. The van der Waals surface area contributed by atoms with Gasteiger partial charge in [-0.1, -0.05) is 11.8 Å². The van der Waals surface area contributed by atoms with Gasteiger partial charge in [0.15, 0.2) is 0 Å². The molecule has 2 aromatic rings. The lowest BCUT2D eigenvalue weighted by Crippen LogP contribution is -2.48. The molecule has 1 aliphatic rings. The number of nitrogens with two attached hydrogens (primary N) is 2. The minimum atomic E-state index is -1.03. The first-order chi connectivity index (χ1) is 12.9. The smallest absolute Gasteiger partial charge is 0.404 e. The molecule has 2 aromatic heterocycles. The summed E-state index contributed by atoms with van der Waals surface area (Å²) in [5, 5.41) is 11.5. The van der Waals surface area contributed by atoms with Gasteiger partial charge >= 0.3 is 6.09 Å². The Labute approximate surface area is 156 Å². The molecule has 1 unspecified atom stereocenters. The van der Waals surface area contributed by atoms with Gasteiger partial charge in [0, 0.05) is 30.9 Å². The summed E-state index contributed by atoms with van der Waals surface area (Å²) in [5.74, 6) is 7.36. The number of hydrogen-bond acceptors (Lipinski definition) is 7. The van der Waals surface area contributed by atoms with E-state index in [1.54, 1.807) is 18.3 Å². The predicted molar refractivity (Wildman–Crippen MR) is 102 cm³/mol. The average Bonchev–Trinajstić information content (AvgIpc) is 2.61. The summed E-state index contributed by atoms with van der Waals surface area (Å²) in [6, 6.07) is 3.30. The van der Waals surface area contributed by atoms with Gasteiger partial charge in [0.1, 0.15) is 11.6 Å². The maximum absolute atomic E-state index is 11.0. The average molecular weight is 367 g/mol. The predicted octanol–water partition coefficient (Wildman–Crippen LogP) is 0.981. The second-order valence-corrected chi connectivity index (χ2v) is 6.32. The molecule has 0 radical (unpaired) electrons. The largest absolute Gasteiger partial charge is 0.465 e. The van der Waals surface area contributed by atoms with Crippen LogP contribution in [-0.2, 0) is 0 Å². The van der Waals surface area contributed by atoms with Crippen LogP contribution < -0.4 is 21.7 Å². The highest BCUT2D eigenvalue weighted by Crippen LogP contribution is 2.24. The van der Waals surface area contributed by atoms with Crippen molar-refractivity contribution in [3.05, 3.63) is 35.2 Å². The van der Waals surface area contributed by atoms with Crippen molar-refractivity contribution in [2.24, 2.45) is 0 Å². The Morgan fingerprint density at radius 2 is 2.15 bits per heavy atom. The van der Waals surface area contributed by atoms with Crippen molar-refractivity contribution in [1.29, 1.82) is 0 Å². The van der Waals surface area contributed by atoms with Crippen molar-refractivity contribution in [1.82, 2.24) is 20.3 Å². The molecule has 1 fully saturated rings. The fourth-order valence-electron chi connectivity index (χ4n) is 3.03. The molecule has 0 aliphatic carbocycles. The number of hydrogen-bond donors (Lipinski definition) is 4. The van der Waals surface area contributed by atoms with E-state index in [0.717, 1.165) is 24.9 Å². The number of amides is 1. The van der Waals surface area contributed by atoms with E-state index < -0.39 is 6.09 Å². The molecule has 140 valence electrons. The highest BCUT2D eigenvalue weighted by molar-refractivity contribution is 5.65. The van der Waals surface area contributed by atoms with Gasteiger partial charge in [-0.05, 0) is 31.9 Å². The molecule has 27 heavy (non-hydrogen) atoms. The zero-order valence-electron chi connectivity index (χ0n) is 14.9. The standard InChI is InChI=1S/C18H21N7O2/c1-11-14(6-4-12-5-7-15(19)21-9-12)16(24-17(20)22-11)25-8-2-3-13(10-25)23-18(26)27/h5,7,9,13,23H,2-3,8,10H2,1H3,(H2,19,21)(H,26,27)(H2,20,22,24). The van der Waals surface area contributed by atoms with E-state index in [4.69, 9.17) is 16.6 Å². The second-order valence-electron chi connectivity index (χ2n) is 6.32. The summed E-state index contributed by atoms with van der Waals surface area (Å²) < 4.78 is 0. The third kappa shape index (κ3) is 4.55. The molecule has 3 heterocycles. The third-order valence-electron chi connectivity index (χ3n) is 4.25. The van der Waals surface area contributed by atoms with E-state index in [0.29, 0.717) is 29.4 Å².